The molecule has 1 N–H and O–H groups in total. The maximum atomic E-state index is 13.4. The fourth-order valence-electron chi connectivity index (χ4n) is 4.41. The highest BCUT2D eigenvalue weighted by Gasteiger charge is 2.21. The van der Waals surface area contributed by atoms with Gasteiger partial charge in [0.2, 0.25) is 0 Å². The molecular weight excluding hydrogens is 402 g/mol. The molecule has 0 saturated carbocycles. The van der Waals surface area contributed by atoms with Crippen molar-refractivity contribution in [2.75, 3.05) is 18.0 Å². The van der Waals surface area contributed by atoms with E-state index in [2.05, 4.69) is 39.2 Å². The SMILES string of the molecule is Cc1c(-c2cccc(N3CCC3)c2)c(C)n2c(=O)n(-c3ccc(C(C)(C)O)cn3)ncc12. The van der Waals surface area contributed by atoms with Gasteiger partial charge in [-0.05, 0) is 63.4 Å². The molecule has 0 radical (unpaired) electrons. The topological polar surface area (TPSA) is 75.7 Å². The van der Waals surface area contributed by atoms with Crippen LogP contribution in [0, 0.1) is 13.8 Å². The average Bonchev–Trinajstić information content (AvgIpc) is 2.97. The molecule has 0 atom stereocenters. The molecule has 1 saturated heterocycles. The first kappa shape index (κ1) is 20.5. The van der Waals surface area contributed by atoms with Crippen molar-refractivity contribution < 1.29 is 5.11 Å². The number of rotatable bonds is 4. The largest absolute Gasteiger partial charge is 0.386 e. The molecule has 0 bridgehead atoms. The molecular formula is C25H27N5O2. The maximum absolute atomic E-state index is 13.4. The van der Waals surface area contributed by atoms with Crippen molar-refractivity contribution in [3.63, 3.8) is 0 Å². The fraction of sp³-hybridized carbons (Fsp3) is 0.320. The van der Waals surface area contributed by atoms with Gasteiger partial charge in [0, 0.05) is 41.8 Å². The van der Waals surface area contributed by atoms with Crippen LogP contribution in [0.1, 0.15) is 37.1 Å². The molecule has 5 rings (SSSR count). The van der Waals surface area contributed by atoms with Crippen LogP contribution >= 0.6 is 0 Å². The molecule has 0 aliphatic carbocycles. The molecule has 0 spiro atoms. The van der Waals surface area contributed by atoms with Crippen LogP contribution in [-0.2, 0) is 5.60 Å². The van der Waals surface area contributed by atoms with Gasteiger partial charge in [-0.3, -0.25) is 4.40 Å². The van der Waals surface area contributed by atoms with Crippen LogP contribution < -0.4 is 10.6 Å². The summed E-state index contributed by atoms with van der Waals surface area (Å²) in [5, 5.41) is 14.6. The zero-order valence-corrected chi connectivity index (χ0v) is 18.8. The monoisotopic (exact) mass is 429 g/mol. The van der Waals surface area contributed by atoms with Crippen molar-refractivity contribution in [2.24, 2.45) is 0 Å². The number of aryl methyl sites for hydroxylation is 2. The third-order valence-electron chi connectivity index (χ3n) is 6.39. The number of fused-ring (bicyclic) bond motifs is 1. The van der Waals surface area contributed by atoms with Crippen LogP contribution in [0.25, 0.3) is 22.5 Å². The second-order valence-corrected chi connectivity index (χ2v) is 9.00. The Bertz CT molecular complexity index is 1370. The zero-order valence-electron chi connectivity index (χ0n) is 18.8. The van der Waals surface area contributed by atoms with Gasteiger partial charge in [0.25, 0.3) is 0 Å². The zero-order chi connectivity index (χ0) is 22.6. The Morgan fingerprint density at radius 3 is 2.47 bits per heavy atom. The molecule has 1 aromatic carbocycles. The van der Waals surface area contributed by atoms with E-state index in [-0.39, 0.29) is 5.69 Å². The molecule has 4 aromatic rings. The van der Waals surface area contributed by atoms with Gasteiger partial charge < -0.3 is 10.0 Å². The first-order valence-corrected chi connectivity index (χ1v) is 10.9. The van der Waals surface area contributed by atoms with E-state index in [0.29, 0.717) is 11.4 Å². The second-order valence-electron chi connectivity index (χ2n) is 9.00. The number of hydrogen-bond donors (Lipinski definition) is 1. The highest BCUT2D eigenvalue weighted by atomic mass is 16.3. The summed E-state index contributed by atoms with van der Waals surface area (Å²) >= 11 is 0. The summed E-state index contributed by atoms with van der Waals surface area (Å²) in [6, 6.07) is 12.0. The van der Waals surface area contributed by atoms with Crippen molar-refractivity contribution in [1.82, 2.24) is 19.2 Å². The van der Waals surface area contributed by atoms with E-state index >= 15 is 0 Å². The molecule has 3 aromatic heterocycles. The lowest BCUT2D eigenvalue weighted by Crippen LogP contribution is -2.36. The molecule has 1 aliphatic rings. The third-order valence-corrected chi connectivity index (χ3v) is 6.39. The molecule has 32 heavy (non-hydrogen) atoms. The minimum absolute atomic E-state index is 0.267. The predicted octanol–water partition coefficient (Wildman–Crippen LogP) is 3.60. The van der Waals surface area contributed by atoms with Crippen LogP contribution in [0.4, 0.5) is 5.69 Å². The van der Waals surface area contributed by atoms with Crippen LogP contribution in [0.3, 0.4) is 0 Å². The highest BCUT2D eigenvalue weighted by Crippen LogP contribution is 2.34. The van der Waals surface area contributed by atoms with Crippen molar-refractivity contribution in [3.05, 3.63) is 76.1 Å². The Kier molecular flexibility index (Phi) is 4.67. The average molecular weight is 430 g/mol. The van der Waals surface area contributed by atoms with E-state index in [1.807, 2.05) is 13.8 Å². The number of aliphatic hydroxyl groups is 1. The summed E-state index contributed by atoms with van der Waals surface area (Å²) in [6.45, 7) is 9.59. The normalized spacial score (nSPS) is 14.1. The molecule has 1 aliphatic heterocycles. The van der Waals surface area contributed by atoms with Gasteiger partial charge in [0.05, 0.1) is 17.3 Å². The standard InChI is InChI=1S/C25H27N5O2/c1-16-21-15-27-30(22-10-9-19(14-26-22)25(3,4)32)24(31)29(21)17(2)23(16)18-7-5-8-20(13-18)28-11-6-12-28/h5,7-10,13-15,32H,6,11-12H2,1-4H3. The lowest BCUT2D eigenvalue weighted by Gasteiger charge is -2.33. The van der Waals surface area contributed by atoms with E-state index in [1.54, 1.807) is 42.8 Å². The first-order chi connectivity index (χ1) is 15.3. The molecule has 164 valence electrons. The lowest BCUT2D eigenvalue weighted by molar-refractivity contribution is 0.0782. The van der Waals surface area contributed by atoms with Gasteiger partial charge in [0.15, 0.2) is 5.82 Å². The van der Waals surface area contributed by atoms with Gasteiger partial charge in [-0.15, -0.1) is 0 Å². The Hall–Kier alpha value is -3.45. The van der Waals surface area contributed by atoms with Crippen LogP contribution in [-0.4, -0.2) is 37.4 Å². The van der Waals surface area contributed by atoms with Gasteiger partial charge in [-0.25, -0.2) is 9.78 Å². The summed E-state index contributed by atoms with van der Waals surface area (Å²) in [4.78, 5) is 20.2. The quantitative estimate of drug-likeness (QED) is 0.536. The summed E-state index contributed by atoms with van der Waals surface area (Å²) in [6.07, 6.45) is 4.53. The number of aromatic nitrogens is 4. The van der Waals surface area contributed by atoms with Gasteiger partial charge >= 0.3 is 5.69 Å². The Morgan fingerprint density at radius 1 is 1.06 bits per heavy atom. The number of anilines is 1. The lowest BCUT2D eigenvalue weighted by atomic mass is 10.0. The number of benzene rings is 1. The van der Waals surface area contributed by atoms with Crippen LogP contribution in [0.5, 0.6) is 0 Å². The molecule has 7 nitrogen and oxygen atoms in total. The fourth-order valence-corrected chi connectivity index (χ4v) is 4.41. The van der Waals surface area contributed by atoms with Crippen molar-refractivity contribution in [1.29, 1.82) is 0 Å². The molecule has 0 unspecified atom stereocenters. The van der Waals surface area contributed by atoms with Gasteiger partial charge in [-0.1, -0.05) is 18.2 Å². The van der Waals surface area contributed by atoms with Crippen molar-refractivity contribution in [3.8, 4) is 16.9 Å². The Morgan fingerprint density at radius 2 is 1.84 bits per heavy atom. The molecule has 4 heterocycles. The van der Waals surface area contributed by atoms with E-state index in [9.17, 15) is 9.90 Å². The summed E-state index contributed by atoms with van der Waals surface area (Å²) in [7, 11) is 0. The van der Waals surface area contributed by atoms with Crippen molar-refractivity contribution in [2.45, 2.75) is 39.7 Å². The van der Waals surface area contributed by atoms with Crippen LogP contribution in [0.15, 0.2) is 53.6 Å². The van der Waals surface area contributed by atoms with Crippen LogP contribution in [0.2, 0.25) is 0 Å². The number of pyridine rings is 1. The molecule has 1 fully saturated rings. The van der Waals surface area contributed by atoms with E-state index in [4.69, 9.17) is 0 Å². The highest BCUT2D eigenvalue weighted by molar-refractivity contribution is 5.80. The second kappa shape index (κ2) is 7.31. The number of nitrogens with zero attached hydrogens (tertiary/aromatic N) is 5. The molecule has 0 amide bonds. The summed E-state index contributed by atoms with van der Waals surface area (Å²) in [5.74, 6) is 0.414. The minimum atomic E-state index is -0.999. The maximum Gasteiger partial charge on any atom is 0.355 e. The summed E-state index contributed by atoms with van der Waals surface area (Å²) < 4.78 is 3.01. The van der Waals surface area contributed by atoms with E-state index < -0.39 is 5.60 Å². The van der Waals surface area contributed by atoms with Crippen molar-refractivity contribution >= 4 is 11.2 Å². The van der Waals surface area contributed by atoms with Gasteiger partial charge in [-0.2, -0.15) is 9.78 Å². The van der Waals surface area contributed by atoms with Gasteiger partial charge in [0.1, 0.15) is 0 Å². The predicted molar refractivity (Wildman–Crippen MR) is 126 cm³/mol. The van der Waals surface area contributed by atoms with E-state index in [0.717, 1.165) is 41.0 Å². The van der Waals surface area contributed by atoms with E-state index in [1.165, 1.54) is 16.8 Å². The Balaban J connectivity index is 1.63. The third kappa shape index (κ3) is 3.20. The number of hydrogen-bond acceptors (Lipinski definition) is 5. The minimum Gasteiger partial charge on any atom is -0.386 e. The smallest absolute Gasteiger partial charge is 0.355 e. The Labute approximate surface area is 186 Å². The summed E-state index contributed by atoms with van der Waals surface area (Å²) in [5.41, 5.74) is 5.50. The first-order valence-electron chi connectivity index (χ1n) is 10.9. The molecule has 7 heteroatoms.